The maximum atomic E-state index is 9.84. The topological polar surface area (TPSA) is 60.2 Å². The van der Waals surface area contributed by atoms with Crippen LogP contribution in [0.5, 0.6) is 0 Å². The minimum absolute atomic E-state index is 0.333. The van der Waals surface area contributed by atoms with Crippen molar-refractivity contribution >= 4 is 0 Å². The summed E-state index contributed by atoms with van der Waals surface area (Å²) in [5.41, 5.74) is 0.849. The van der Waals surface area contributed by atoms with Crippen LogP contribution in [-0.2, 0) is 18.2 Å². The Labute approximate surface area is 95.4 Å². The van der Waals surface area contributed by atoms with Gasteiger partial charge in [-0.05, 0) is 25.7 Å². The summed E-state index contributed by atoms with van der Waals surface area (Å²) in [5.74, 6) is 0. The minimum Gasteiger partial charge on any atom is -0.393 e. The fourth-order valence-electron chi connectivity index (χ4n) is 2.08. The molecule has 1 fully saturated rings. The third-order valence-corrected chi connectivity index (χ3v) is 2.94. The largest absolute Gasteiger partial charge is 0.393 e. The molecule has 2 rings (SSSR count). The van der Waals surface area contributed by atoms with E-state index in [9.17, 15) is 5.11 Å². The average Bonchev–Trinajstić information content (AvgIpc) is 2.87. The van der Waals surface area contributed by atoms with Crippen molar-refractivity contribution in [1.29, 1.82) is 0 Å². The van der Waals surface area contributed by atoms with Gasteiger partial charge in [0.1, 0.15) is 0 Å². The number of hydrogen-bond donors (Lipinski definition) is 1. The molecular weight excluding hydrogens is 206 g/mol. The Bertz CT molecular complexity index is 321. The molecular formula is C11H19N3O2. The van der Waals surface area contributed by atoms with Gasteiger partial charge in [-0.3, -0.25) is 4.68 Å². The van der Waals surface area contributed by atoms with Crippen LogP contribution in [0.2, 0.25) is 0 Å². The quantitative estimate of drug-likeness (QED) is 0.800. The van der Waals surface area contributed by atoms with E-state index in [-0.39, 0.29) is 6.10 Å². The molecule has 0 radical (unpaired) electrons. The van der Waals surface area contributed by atoms with Gasteiger partial charge in [-0.15, -0.1) is 5.10 Å². The van der Waals surface area contributed by atoms with Gasteiger partial charge in [0, 0.05) is 26.3 Å². The van der Waals surface area contributed by atoms with Crippen LogP contribution in [-0.4, -0.2) is 38.9 Å². The first-order valence-electron chi connectivity index (χ1n) is 5.89. The Morgan fingerprint density at radius 2 is 2.56 bits per heavy atom. The van der Waals surface area contributed by atoms with Gasteiger partial charge >= 0.3 is 0 Å². The Morgan fingerprint density at radius 1 is 1.69 bits per heavy atom. The monoisotopic (exact) mass is 225 g/mol. The number of ether oxygens (including phenoxy) is 1. The zero-order chi connectivity index (χ0) is 11.4. The van der Waals surface area contributed by atoms with E-state index in [1.165, 1.54) is 0 Å². The Kier molecular flexibility index (Phi) is 3.90. The third kappa shape index (κ3) is 3.28. The SMILES string of the molecule is Cn1cc(CC(O)CCC2CCCO2)nn1. The molecule has 16 heavy (non-hydrogen) atoms. The van der Waals surface area contributed by atoms with Gasteiger partial charge in [0.15, 0.2) is 0 Å². The van der Waals surface area contributed by atoms with Crippen molar-refractivity contribution in [3.63, 3.8) is 0 Å². The first-order chi connectivity index (χ1) is 7.74. The molecule has 1 aromatic heterocycles. The molecule has 0 aromatic carbocycles. The lowest BCUT2D eigenvalue weighted by atomic mass is 10.0. The van der Waals surface area contributed by atoms with Crippen LogP contribution in [0.15, 0.2) is 6.20 Å². The van der Waals surface area contributed by atoms with Crippen molar-refractivity contribution in [3.8, 4) is 0 Å². The Balaban J connectivity index is 1.69. The highest BCUT2D eigenvalue weighted by atomic mass is 16.5. The average molecular weight is 225 g/mol. The molecule has 2 atom stereocenters. The summed E-state index contributed by atoms with van der Waals surface area (Å²) in [7, 11) is 1.83. The standard InChI is InChI=1S/C11H19N3O2/c1-14-8-9(12-13-14)7-10(15)4-5-11-3-2-6-16-11/h8,10-11,15H,2-7H2,1H3. The molecule has 1 N–H and O–H groups in total. The summed E-state index contributed by atoms with van der Waals surface area (Å²) in [6, 6.07) is 0. The van der Waals surface area contributed by atoms with Crippen molar-refractivity contribution in [2.45, 2.75) is 44.3 Å². The van der Waals surface area contributed by atoms with E-state index in [4.69, 9.17) is 4.74 Å². The molecule has 1 aliphatic heterocycles. The molecule has 0 amide bonds. The van der Waals surface area contributed by atoms with E-state index in [1.54, 1.807) is 4.68 Å². The van der Waals surface area contributed by atoms with Gasteiger partial charge in [-0.25, -0.2) is 0 Å². The molecule has 0 spiro atoms. The normalized spacial score (nSPS) is 22.5. The van der Waals surface area contributed by atoms with Crippen LogP contribution >= 0.6 is 0 Å². The Hall–Kier alpha value is -0.940. The molecule has 2 heterocycles. The summed E-state index contributed by atoms with van der Waals surface area (Å²) in [4.78, 5) is 0. The molecule has 0 bridgehead atoms. The number of rotatable bonds is 5. The van der Waals surface area contributed by atoms with Gasteiger partial charge in [0.25, 0.3) is 0 Å². The van der Waals surface area contributed by atoms with E-state index in [2.05, 4.69) is 10.3 Å². The van der Waals surface area contributed by atoms with Gasteiger partial charge < -0.3 is 9.84 Å². The number of aliphatic hydroxyl groups excluding tert-OH is 1. The number of aromatic nitrogens is 3. The maximum Gasteiger partial charge on any atom is 0.0852 e. The molecule has 2 unspecified atom stereocenters. The first kappa shape index (κ1) is 11.5. The van der Waals surface area contributed by atoms with Gasteiger partial charge in [0.2, 0.25) is 0 Å². The highest BCUT2D eigenvalue weighted by Crippen LogP contribution is 2.18. The van der Waals surface area contributed by atoms with Crippen LogP contribution in [0.25, 0.3) is 0 Å². The molecule has 90 valence electrons. The highest BCUT2D eigenvalue weighted by Gasteiger charge is 2.17. The van der Waals surface area contributed by atoms with E-state index in [1.807, 2.05) is 13.2 Å². The summed E-state index contributed by atoms with van der Waals surface area (Å²) >= 11 is 0. The van der Waals surface area contributed by atoms with Crippen LogP contribution in [0, 0.1) is 0 Å². The number of nitrogens with zero attached hydrogens (tertiary/aromatic N) is 3. The molecule has 5 heteroatoms. The smallest absolute Gasteiger partial charge is 0.0852 e. The van der Waals surface area contributed by atoms with E-state index in [0.29, 0.717) is 12.5 Å². The van der Waals surface area contributed by atoms with Crippen LogP contribution in [0.1, 0.15) is 31.4 Å². The predicted molar refractivity (Wildman–Crippen MR) is 58.9 cm³/mol. The molecule has 1 saturated heterocycles. The van der Waals surface area contributed by atoms with E-state index < -0.39 is 0 Å². The predicted octanol–water partition coefficient (Wildman–Crippen LogP) is 0.678. The second-order valence-corrected chi connectivity index (χ2v) is 4.45. The number of hydrogen-bond acceptors (Lipinski definition) is 4. The molecule has 0 aliphatic carbocycles. The number of aryl methyl sites for hydroxylation is 1. The molecule has 1 aliphatic rings. The fourth-order valence-corrected chi connectivity index (χ4v) is 2.08. The third-order valence-electron chi connectivity index (χ3n) is 2.94. The second-order valence-electron chi connectivity index (χ2n) is 4.45. The zero-order valence-corrected chi connectivity index (χ0v) is 9.67. The van der Waals surface area contributed by atoms with Crippen LogP contribution in [0.3, 0.4) is 0 Å². The fraction of sp³-hybridized carbons (Fsp3) is 0.818. The van der Waals surface area contributed by atoms with Crippen molar-refractivity contribution < 1.29 is 9.84 Å². The molecule has 1 aromatic rings. The lowest BCUT2D eigenvalue weighted by Crippen LogP contribution is -2.15. The Morgan fingerprint density at radius 3 is 3.19 bits per heavy atom. The second kappa shape index (κ2) is 5.41. The van der Waals surface area contributed by atoms with E-state index >= 15 is 0 Å². The van der Waals surface area contributed by atoms with Crippen molar-refractivity contribution in [3.05, 3.63) is 11.9 Å². The first-order valence-corrected chi connectivity index (χ1v) is 5.89. The maximum absolute atomic E-state index is 9.84. The summed E-state index contributed by atoms with van der Waals surface area (Å²) < 4.78 is 7.17. The van der Waals surface area contributed by atoms with Crippen molar-refractivity contribution in [2.75, 3.05) is 6.61 Å². The van der Waals surface area contributed by atoms with Gasteiger partial charge in [-0.2, -0.15) is 0 Å². The summed E-state index contributed by atoms with van der Waals surface area (Å²) in [6.45, 7) is 0.880. The lowest BCUT2D eigenvalue weighted by Gasteiger charge is -2.12. The van der Waals surface area contributed by atoms with E-state index in [0.717, 1.165) is 38.0 Å². The van der Waals surface area contributed by atoms with Gasteiger partial charge in [-0.1, -0.05) is 5.21 Å². The summed E-state index contributed by atoms with van der Waals surface area (Å²) in [6.07, 6.45) is 6.47. The number of aliphatic hydroxyl groups is 1. The highest BCUT2D eigenvalue weighted by molar-refractivity contribution is 4.94. The lowest BCUT2D eigenvalue weighted by molar-refractivity contribution is 0.0810. The summed E-state index contributed by atoms with van der Waals surface area (Å²) in [5, 5.41) is 17.6. The van der Waals surface area contributed by atoms with Crippen LogP contribution < -0.4 is 0 Å². The van der Waals surface area contributed by atoms with Gasteiger partial charge in [0.05, 0.1) is 17.9 Å². The zero-order valence-electron chi connectivity index (χ0n) is 9.67. The van der Waals surface area contributed by atoms with Crippen molar-refractivity contribution in [1.82, 2.24) is 15.0 Å². The molecule has 0 saturated carbocycles. The molecule has 5 nitrogen and oxygen atoms in total. The van der Waals surface area contributed by atoms with Crippen molar-refractivity contribution in [2.24, 2.45) is 7.05 Å². The van der Waals surface area contributed by atoms with Crippen LogP contribution in [0.4, 0.5) is 0 Å². The minimum atomic E-state index is -0.333.